The first kappa shape index (κ1) is 69.5. The summed E-state index contributed by atoms with van der Waals surface area (Å²) < 4.78 is 65.2. The van der Waals surface area contributed by atoms with Crippen molar-refractivity contribution in [3.8, 4) is 91.4 Å². The number of hydrogen-bond acceptors (Lipinski definition) is 13. The van der Waals surface area contributed by atoms with Crippen LogP contribution in [0.2, 0.25) is 0 Å². The summed E-state index contributed by atoms with van der Waals surface area (Å²) in [7, 11) is -3.24. The summed E-state index contributed by atoms with van der Waals surface area (Å²) in [4.78, 5) is 23.6. The molecule has 3 aliphatic heterocycles. The number of H-pyrrole nitrogens is 3. The van der Waals surface area contributed by atoms with Crippen molar-refractivity contribution in [3.05, 3.63) is 211 Å². The molecule has 5 aliphatic rings. The average Bonchev–Trinajstić information content (AvgIpc) is 1.64. The average molecular weight is 1420 g/mol. The van der Waals surface area contributed by atoms with Gasteiger partial charge >= 0.3 is 6.09 Å². The molecule has 1 saturated carbocycles. The Morgan fingerprint density at radius 2 is 0.905 bits per heavy atom. The van der Waals surface area contributed by atoms with E-state index in [2.05, 4.69) is 93.8 Å². The molecule has 3 N–H and O–H groups in total. The lowest BCUT2D eigenvalue weighted by Gasteiger charge is -2.24. The van der Waals surface area contributed by atoms with Crippen LogP contribution in [0.5, 0.6) is 17.2 Å². The monoisotopic (exact) mass is 1420 g/mol. The Kier molecular flexibility index (Phi) is 19.8. The van der Waals surface area contributed by atoms with Crippen LogP contribution >= 0.6 is 0 Å². The van der Waals surface area contributed by atoms with E-state index in [0.717, 1.165) is 152 Å². The van der Waals surface area contributed by atoms with Crippen LogP contribution in [-0.4, -0.2) is 104 Å². The van der Waals surface area contributed by atoms with Gasteiger partial charge in [0, 0.05) is 106 Å². The van der Waals surface area contributed by atoms with Gasteiger partial charge in [-0.3, -0.25) is 4.57 Å². The minimum atomic E-state index is -3.24. The minimum Gasteiger partial charge on any atom is -0.489 e. The molecule has 4 aromatic heterocycles. The fraction of sp³-hybridized carbons (Fsp3) is 0.287. The molecule has 0 spiro atoms. The Balaban J connectivity index is 0.000000127. The lowest BCUT2D eigenvalue weighted by Crippen LogP contribution is -2.26. The highest BCUT2D eigenvalue weighted by Crippen LogP contribution is 2.49. The van der Waals surface area contributed by atoms with Gasteiger partial charge in [0.25, 0.3) is 0 Å². The number of carbonyl (C=O) groups excluding carboxylic acids is 1. The number of aromatic nitrogens is 4. The number of allylic oxidation sites excluding steroid dienone is 2. The number of hydrogen-bond donors (Lipinski definition) is 3. The van der Waals surface area contributed by atoms with Crippen molar-refractivity contribution in [3.63, 3.8) is 0 Å². The number of ether oxygens (including phenoxy) is 7. The van der Waals surface area contributed by atoms with E-state index < -0.39 is 21.5 Å². The van der Waals surface area contributed by atoms with Crippen LogP contribution in [0.3, 0.4) is 0 Å². The summed E-state index contributed by atoms with van der Waals surface area (Å²) in [6.45, 7) is 9.75. The molecule has 3 saturated heterocycles. The molecule has 0 radical (unpaired) electrons. The molecule has 0 amide bonds. The maximum absolute atomic E-state index is 12.6. The predicted molar refractivity (Wildman–Crippen MR) is 409 cm³/mol. The van der Waals surface area contributed by atoms with E-state index in [9.17, 15) is 29.0 Å². The molecule has 530 valence electrons. The molecule has 105 heavy (non-hydrogen) atoms. The summed E-state index contributed by atoms with van der Waals surface area (Å²) in [6.07, 6.45) is 14.3. The first-order chi connectivity index (χ1) is 51.0. The van der Waals surface area contributed by atoms with E-state index in [1.807, 2.05) is 118 Å². The Bertz CT molecular complexity index is 5540. The van der Waals surface area contributed by atoms with Crippen LogP contribution in [0.15, 0.2) is 193 Å². The first-order valence-electron chi connectivity index (χ1n) is 36.1. The molecule has 2 unspecified atom stereocenters. The smallest absolute Gasteiger partial charge is 0.418 e. The Labute approximate surface area is 610 Å². The van der Waals surface area contributed by atoms with E-state index in [-0.39, 0.29) is 18.3 Å². The van der Waals surface area contributed by atoms with Crippen LogP contribution in [0.1, 0.15) is 101 Å². The van der Waals surface area contributed by atoms with Crippen LogP contribution in [0.25, 0.3) is 105 Å². The van der Waals surface area contributed by atoms with E-state index in [1.165, 1.54) is 46.7 Å². The van der Waals surface area contributed by atoms with E-state index >= 15 is 0 Å². The summed E-state index contributed by atoms with van der Waals surface area (Å²) in [5, 5.41) is 33.6. The van der Waals surface area contributed by atoms with Gasteiger partial charge in [-0.15, -0.1) is 0 Å². The van der Waals surface area contributed by atoms with Gasteiger partial charge < -0.3 is 48.1 Å². The molecule has 2 bridgehead atoms. The Hall–Kier alpha value is -11.2. The second-order valence-corrected chi connectivity index (χ2v) is 30.8. The van der Waals surface area contributed by atoms with E-state index in [1.54, 1.807) is 30.5 Å². The standard InChI is InChI=1S/C33H31N3O4.C27H24N2O4S.C27H26N2O2/c1-33(2,3)40-32(37)36-14-11-23-18-22(7-9-30(23)36)29-19-27-26(5-4-6-28(27)35-29)21-8-10-31(24(17-21)20-34)39-25-12-15-38-16-13-25;1-34(30,31)22-8-5-18(6-9-22)26-16-24-23(3-2-4-25(24)29-26)19-7-10-27(20(15-19)17-28)33-21-11-13-32-14-12-21;28-16-20-14-19(6-7-27(20)31-21-8-10-30-11-9-21)22-2-1-3-25-24(22)15-26(29-25)23-13-17-4-5-18(23)12-17/h4-11,14,17-19,25,35H,12-13,15-16H2,1-3H3;2-10,15-16,21,29H,11-14H2,1H3;1-3,6-7,13-15,17-18,21,29H,4-5,8-12H2. The van der Waals surface area contributed by atoms with Crippen molar-refractivity contribution >= 4 is 65.1 Å². The number of nitriles is 3. The molecule has 12 aromatic rings. The lowest BCUT2D eigenvalue weighted by molar-refractivity contribution is 0.0252. The van der Waals surface area contributed by atoms with Crippen molar-refractivity contribution in [1.82, 2.24) is 19.5 Å². The third kappa shape index (κ3) is 15.3. The Morgan fingerprint density at radius 1 is 0.486 bits per heavy atom. The summed E-state index contributed by atoms with van der Waals surface area (Å²) in [6, 6.07) is 64.3. The highest BCUT2D eigenvalue weighted by atomic mass is 32.2. The van der Waals surface area contributed by atoms with E-state index in [0.29, 0.717) is 71.2 Å². The SMILES string of the molecule is CC(C)(C)OC(=O)n1ccc2cc(-c3cc4c(-c5ccc(OC6CCOCC6)c(C#N)c5)cccc4[nH]3)ccc21.CS(=O)(=O)c1ccc(-c2cc3c(-c4ccc(OC5CCOCC5)c(C#N)c4)cccc3[nH]2)cc1.N#Cc1cc(-c2cccc3[nH]c(C4=CC5CCC4C5)cc23)ccc1OC1CCOCC1. The van der Waals surface area contributed by atoms with Crippen LogP contribution in [0, 0.1) is 45.8 Å². The van der Waals surface area contributed by atoms with Crippen molar-refractivity contribution < 1.29 is 46.4 Å². The second kappa shape index (κ2) is 29.9. The third-order valence-electron chi connectivity index (χ3n) is 20.4. The normalized spacial score (nSPS) is 17.1. The maximum atomic E-state index is 12.6. The van der Waals surface area contributed by atoms with Crippen LogP contribution < -0.4 is 14.2 Å². The predicted octanol–water partition coefficient (Wildman–Crippen LogP) is 19.1. The van der Waals surface area contributed by atoms with Gasteiger partial charge in [-0.1, -0.05) is 78.9 Å². The molecule has 2 atom stereocenters. The number of nitrogens with one attached hydrogen (secondary N) is 3. The van der Waals surface area contributed by atoms with Crippen molar-refractivity contribution in [2.75, 3.05) is 45.9 Å². The molecule has 17 nitrogen and oxygen atoms in total. The molecule has 7 heterocycles. The molecule has 8 aromatic carbocycles. The molecule has 2 aliphatic carbocycles. The number of fused-ring (bicyclic) bond motifs is 6. The molecular formula is C87H81N7O10S. The summed E-state index contributed by atoms with van der Waals surface area (Å²) in [5.41, 5.74) is 17.6. The van der Waals surface area contributed by atoms with Gasteiger partial charge in [0.2, 0.25) is 0 Å². The molecule has 17 rings (SSSR count). The number of nitrogens with zero attached hydrogens (tertiary/aromatic N) is 4. The van der Waals surface area contributed by atoms with Crippen LogP contribution in [0.4, 0.5) is 4.79 Å². The largest absolute Gasteiger partial charge is 0.489 e. The number of sulfone groups is 1. The number of aromatic amines is 3. The third-order valence-corrected chi connectivity index (χ3v) is 21.6. The minimum absolute atomic E-state index is 0.0662. The fourth-order valence-electron chi connectivity index (χ4n) is 15.1. The van der Waals surface area contributed by atoms with Gasteiger partial charge in [0.1, 0.15) is 59.4 Å². The summed E-state index contributed by atoms with van der Waals surface area (Å²) in [5.74, 6) is 3.38. The van der Waals surface area contributed by atoms with Gasteiger partial charge in [-0.2, -0.15) is 15.8 Å². The molecule has 18 heteroatoms. The number of carbonyl (C=O) groups is 1. The summed E-state index contributed by atoms with van der Waals surface area (Å²) >= 11 is 0. The van der Waals surface area contributed by atoms with Gasteiger partial charge in [-0.25, -0.2) is 13.2 Å². The number of benzene rings is 8. The fourth-order valence-corrected chi connectivity index (χ4v) is 15.7. The van der Waals surface area contributed by atoms with Gasteiger partial charge in [-0.05, 0) is 205 Å². The quantitative estimate of drug-likeness (QED) is 0.0974. The topological polar surface area (TPSA) is 239 Å². The van der Waals surface area contributed by atoms with Crippen molar-refractivity contribution in [2.24, 2.45) is 11.8 Å². The zero-order valence-corrected chi connectivity index (χ0v) is 60.0. The highest BCUT2D eigenvalue weighted by molar-refractivity contribution is 7.90. The molecule has 4 fully saturated rings. The Morgan fingerprint density at radius 3 is 1.31 bits per heavy atom. The van der Waals surface area contributed by atoms with Gasteiger partial charge in [0.05, 0.1) is 66.7 Å². The first-order valence-corrected chi connectivity index (χ1v) is 38.0. The number of rotatable bonds is 13. The molecular weight excluding hydrogens is 1340 g/mol. The highest BCUT2D eigenvalue weighted by Gasteiger charge is 2.34. The lowest BCUT2D eigenvalue weighted by atomic mass is 9.95. The zero-order chi connectivity index (χ0) is 72.3. The maximum Gasteiger partial charge on any atom is 0.418 e. The second-order valence-electron chi connectivity index (χ2n) is 28.7. The zero-order valence-electron chi connectivity index (χ0n) is 59.2. The van der Waals surface area contributed by atoms with Gasteiger partial charge in [0.15, 0.2) is 9.84 Å². The van der Waals surface area contributed by atoms with E-state index in [4.69, 9.17) is 33.2 Å². The van der Waals surface area contributed by atoms with Crippen molar-refractivity contribution in [2.45, 2.75) is 107 Å². The van der Waals surface area contributed by atoms with Crippen molar-refractivity contribution in [1.29, 1.82) is 15.8 Å². The van der Waals surface area contributed by atoms with Crippen LogP contribution in [-0.2, 0) is 28.8 Å².